The highest BCUT2D eigenvalue weighted by Gasteiger charge is 2.26. The molecule has 0 amide bonds. The van der Waals surface area contributed by atoms with E-state index in [0.717, 1.165) is 18.4 Å². The molecule has 3 rings (SSSR count). The van der Waals surface area contributed by atoms with Crippen LogP contribution in [-0.2, 0) is 11.2 Å². The molecule has 1 atom stereocenters. The first kappa shape index (κ1) is 16.9. The third-order valence-electron chi connectivity index (χ3n) is 4.55. The molecule has 25 heavy (non-hydrogen) atoms. The van der Waals surface area contributed by atoms with Gasteiger partial charge in [0.2, 0.25) is 0 Å². The van der Waals surface area contributed by atoms with E-state index in [1.54, 1.807) is 18.2 Å². The van der Waals surface area contributed by atoms with Crippen LogP contribution in [0.25, 0.3) is 6.08 Å². The molecule has 1 saturated carbocycles. The second kappa shape index (κ2) is 6.89. The first-order chi connectivity index (χ1) is 11.9. The molecule has 5 nitrogen and oxygen atoms in total. The van der Waals surface area contributed by atoms with Gasteiger partial charge in [0, 0.05) is 5.92 Å². The maximum Gasteiger partial charge on any atom is 0.162 e. The van der Waals surface area contributed by atoms with Crippen LogP contribution in [0.5, 0.6) is 23.0 Å². The van der Waals surface area contributed by atoms with Gasteiger partial charge >= 0.3 is 0 Å². The van der Waals surface area contributed by atoms with Crippen molar-refractivity contribution >= 4 is 11.9 Å². The Hall–Kier alpha value is -2.95. The average Bonchev–Trinajstić information content (AvgIpc) is 2.58. The van der Waals surface area contributed by atoms with Crippen molar-refractivity contribution in [3.8, 4) is 23.0 Å². The summed E-state index contributed by atoms with van der Waals surface area (Å²) in [6.45, 7) is 0. The number of aromatic hydroxyl groups is 4. The van der Waals surface area contributed by atoms with E-state index in [2.05, 4.69) is 0 Å². The molecular formula is C20H20O5. The Labute approximate surface area is 145 Å². The lowest BCUT2D eigenvalue weighted by molar-refractivity contribution is -0.120. The third kappa shape index (κ3) is 3.76. The number of carbonyl (C=O) groups excluding carboxylic acids is 1. The summed E-state index contributed by atoms with van der Waals surface area (Å²) in [5, 5.41) is 37.9. The number of allylic oxidation sites excluding steroid dienone is 1. The monoisotopic (exact) mass is 340 g/mol. The SMILES string of the molecule is O=C1/C(=C/c2ccc(O)c(O)c2)CCCC1Cc1ccc(O)c(O)c1. The van der Waals surface area contributed by atoms with E-state index in [0.29, 0.717) is 24.0 Å². The number of phenolic OH excluding ortho intramolecular Hbond substituents is 4. The molecule has 0 spiro atoms. The van der Waals surface area contributed by atoms with Gasteiger partial charge in [0.05, 0.1) is 0 Å². The van der Waals surface area contributed by atoms with Gasteiger partial charge in [-0.15, -0.1) is 0 Å². The van der Waals surface area contributed by atoms with Crippen molar-refractivity contribution in [2.24, 2.45) is 5.92 Å². The van der Waals surface area contributed by atoms with Crippen molar-refractivity contribution < 1.29 is 25.2 Å². The van der Waals surface area contributed by atoms with Crippen molar-refractivity contribution in [2.75, 3.05) is 0 Å². The van der Waals surface area contributed by atoms with Crippen LogP contribution in [0.1, 0.15) is 30.4 Å². The van der Waals surface area contributed by atoms with Crippen molar-refractivity contribution in [3.05, 3.63) is 53.1 Å². The molecule has 1 aliphatic rings. The molecular weight excluding hydrogens is 320 g/mol. The van der Waals surface area contributed by atoms with Crippen LogP contribution >= 0.6 is 0 Å². The van der Waals surface area contributed by atoms with E-state index in [4.69, 9.17) is 0 Å². The number of hydrogen-bond acceptors (Lipinski definition) is 5. The van der Waals surface area contributed by atoms with Gasteiger partial charge in [-0.05, 0) is 72.7 Å². The van der Waals surface area contributed by atoms with Crippen LogP contribution in [-0.4, -0.2) is 26.2 Å². The molecule has 0 aliphatic heterocycles. The maximum absolute atomic E-state index is 12.7. The van der Waals surface area contributed by atoms with Crippen LogP contribution in [0.15, 0.2) is 42.0 Å². The summed E-state index contributed by atoms with van der Waals surface area (Å²) in [7, 11) is 0. The molecule has 1 fully saturated rings. The van der Waals surface area contributed by atoms with Gasteiger partial charge in [-0.25, -0.2) is 0 Å². The Kier molecular flexibility index (Phi) is 4.65. The zero-order valence-corrected chi connectivity index (χ0v) is 13.6. The summed E-state index contributed by atoms with van der Waals surface area (Å²) < 4.78 is 0. The van der Waals surface area contributed by atoms with Crippen LogP contribution in [0.4, 0.5) is 0 Å². The zero-order chi connectivity index (χ0) is 18.0. The van der Waals surface area contributed by atoms with Crippen molar-refractivity contribution in [1.29, 1.82) is 0 Å². The minimum absolute atomic E-state index is 0.0615. The lowest BCUT2D eigenvalue weighted by Crippen LogP contribution is -2.23. The number of Topliss-reactive ketones (excluding diaryl/α,β-unsaturated/α-hetero) is 1. The lowest BCUT2D eigenvalue weighted by Gasteiger charge is -2.23. The standard InChI is InChI=1S/C20H20O5/c21-16-6-4-12(10-18(16)23)8-14-2-1-3-15(20(14)25)9-13-5-7-17(22)19(24)11-13/h4-8,10-11,15,21-24H,1-3,9H2/b14-8+. The van der Waals surface area contributed by atoms with Crippen LogP contribution < -0.4 is 0 Å². The van der Waals surface area contributed by atoms with E-state index < -0.39 is 0 Å². The topological polar surface area (TPSA) is 98.0 Å². The largest absolute Gasteiger partial charge is 0.504 e. The highest BCUT2D eigenvalue weighted by atomic mass is 16.3. The summed E-state index contributed by atoms with van der Waals surface area (Å²) in [6.07, 6.45) is 4.60. The summed E-state index contributed by atoms with van der Waals surface area (Å²) in [6, 6.07) is 9.09. The molecule has 0 bridgehead atoms. The van der Waals surface area contributed by atoms with E-state index in [-0.39, 0.29) is 34.7 Å². The Morgan fingerprint density at radius 2 is 1.60 bits per heavy atom. The van der Waals surface area contributed by atoms with Gasteiger partial charge in [-0.2, -0.15) is 0 Å². The van der Waals surface area contributed by atoms with Gasteiger partial charge in [0.15, 0.2) is 28.8 Å². The van der Waals surface area contributed by atoms with Crippen molar-refractivity contribution in [2.45, 2.75) is 25.7 Å². The predicted molar refractivity (Wildman–Crippen MR) is 93.6 cm³/mol. The lowest BCUT2D eigenvalue weighted by atomic mass is 9.80. The second-order valence-corrected chi connectivity index (χ2v) is 6.40. The number of benzene rings is 2. The Balaban J connectivity index is 1.79. The van der Waals surface area contributed by atoms with Crippen LogP contribution in [0, 0.1) is 5.92 Å². The van der Waals surface area contributed by atoms with Crippen molar-refractivity contribution in [3.63, 3.8) is 0 Å². The highest BCUT2D eigenvalue weighted by Crippen LogP contribution is 2.33. The minimum atomic E-state index is -0.214. The molecule has 2 aromatic carbocycles. The fourth-order valence-corrected chi connectivity index (χ4v) is 3.21. The molecule has 0 radical (unpaired) electrons. The number of hydrogen-bond donors (Lipinski definition) is 4. The maximum atomic E-state index is 12.7. The molecule has 130 valence electrons. The number of rotatable bonds is 3. The average molecular weight is 340 g/mol. The normalized spacial score (nSPS) is 19.3. The van der Waals surface area contributed by atoms with Gasteiger partial charge in [0.1, 0.15) is 0 Å². The Morgan fingerprint density at radius 1 is 0.920 bits per heavy atom. The number of ketones is 1. The first-order valence-corrected chi connectivity index (χ1v) is 8.21. The molecule has 2 aromatic rings. The fourth-order valence-electron chi connectivity index (χ4n) is 3.21. The number of phenols is 4. The smallest absolute Gasteiger partial charge is 0.162 e. The van der Waals surface area contributed by atoms with Crippen LogP contribution in [0.3, 0.4) is 0 Å². The molecule has 0 aromatic heterocycles. The molecule has 0 saturated heterocycles. The molecule has 4 N–H and O–H groups in total. The first-order valence-electron chi connectivity index (χ1n) is 8.21. The van der Waals surface area contributed by atoms with Gasteiger partial charge in [-0.3, -0.25) is 4.79 Å². The molecule has 0 heterocycles. The van der Waals surface area contributed by atoms with Crippen molar-refractivity contribution in [1.82, 2.24) is 0 Å². The van der Waals surface area contributed by atoms with E-state index in [1.807, 2.05) is 0 Å². The molecule has 5 heteroatoms. The highest BCUT2D eigenvalue weighted by molar-refractivity contribution is 6.01. The summed E-state index contributed by atoms with van der Waals surface area (Å²) in [4.78, 5) is 12.7. The third-order valence-corrected chi connectivity index (χ3v) is 4.55. The Morgan fingerprint density at radius 3 is 2.28 bits per heavy atom. The van der Waals surface area contributed by atoms with E-state index in [9.17, 15) is 25.2 Å². The predicted octanol–water partition coefficient (Wildman–Crippen LogP) is 3.50. The summed E-state index contributed by atoms with van der Waals surface area (Å²) in [5.74, 6) is -0.876. The molecule has 1 unspecified atom stereocenters. The van der Waals surface area contributed by atoms with Crippen LogP contribution in [0.2, 0.25) is 0 Å². The van der Waals surface area contributed by atoms with Gasteiger partial charge in [-0.1, -0.05) is 12.1 Å². The van der Waals surface area contributed by atoms with Gasteiger partial charge < -0.3 is 20.4 Å². The van der Waals surface area contributed by atoms with E-state index >= 15 is 0 Å². The van der Waals surface area contributed by atoms with E-state index in [1.165, 1.54) is 24.3 Å². The quantitative estimate of drug-likeness (QED) is 0.506. The molecule has 1 aliphatic carbocycles. The fraction of sp³-hybridized carbons (Fsp3) is 0.250. The summed E-state index contributed by atoms with van der Waals surface area (Å²) in [5.41, 5.74) is 2.17. The summed E-state index contributed by atoms with van der Waals surface area (Å²) >= 11 is 0. The number of carbonyl (C=O) groups is 1. The second-order valence-electron chi connectivity index (χ2n) is 6.40. The Bertz CT molecular complexity index is 838. The minimum Gasteiger partial charge on any atom is -0.504 e. The van der Waals surface area contributed by atoms with Gasteiger partial charge in [0.25, 0.3) is 0 Å². The zero-order valence-electron chi connectivity index (χ0n) is 13.6.